The van der Waals surface area contributed by atoms with E-state index < -0.39 is 17.5 Å². The second kappa shape index (κ2) is 7.17. The third-order valence-electron chi connectivity index (χ3n) is 6.98. The fourth-order valence-electron chi connectivity index (χ4n) is 5.69. The molecule has 1 spiro atoms. The van der Waals surface area contributed by atoms with Gasteiger partial charge in [0.25, 0.3) is 0 Å². The number of fused-ring (bicyclic) bond motifs is 2. The number of halogens is 3. The van der Waals surface area contributed by atoms with E-state index in [1.54, 1.807) is 11.0 Å². The van der Waals surface area contributed by atoms with Crippen LogP contribution in [0.5, 0.6) is 0 Å². The Morgan fingerprint density at radius 2 is 1.75 bits per heavy atom. The van der Waals surface area contributed by atoms with Gasteiger partial charge in [0.2, 0.25) is 0 Å². The Balaban J connectivity index is 1.70. The zero-order chi connectivity index (χ0) is 20.0. The number of nitrogens with one attached hydrogen (secondary N) is 1. The van der Waals surface area contributed by atoms with E-state index >= 15 is 0 Å². The van der Waals surface area contributed by atoms with Crippen molar-refractivity contribution < 1.29 is 18.3 Å². The van der Waals surface area contributed by atoms with Crippen molar-refractivity contribution in [1.29, 1.82) is 0 Å². The first-order valence-electron chi connectivity index (χ1n) is 10.2. The summed E-state index contributed by atoms with van der Waals surface area (Å²) < 4.78 is 40.5. The molecule has 1 aliphatic heterocycles. The van der Waals surface area contributed by atoms with Crippen molar-refractivity contribution in [3.05, 3.63) is 35.4 Å². The van der Waals surface area contributed by atoms with Gasteiger partial charge in [-0.1, -0.05) is 43.9 Å². The highest BCUT2D eigenvalue weighted by atomic mass is 32.1. The summed E-state index contributed by atoms with van der Waals surface area (Å²) in [5.74, 6) is -0.0150. The van der Waals surface area contributed by atoms with E-state index in [2.05, 4.69) is 5.32 Å². The van der Waals surface area contributed by atoms with Crippen molar-refractivity contribution >= 4 is 17.3 Å². The van der Waals surface area contributed by atoms with Crippen LogP contribution in [0, 0.1) is 5.92 Å². The fraction of sp³-hybridized carbons (Fsp3) is 0.667. The van der Waals surface area contributed by atoms with Gasteiger partial charge in [0.1, 0.15) is 5.72 Å². The van der Waals surface area contributed by atoms with Gasteiger partial charge >= 0.3 is 6.18 Å². The number of benzene rings is 1. The number of hydrogen-bond donors (Lipinski definition) is 2. The summed E-state index contributed by atoms with van der Waals surface area (Å²) in [5.41, 5.74) is -1.91. The summed E-state index contributed by atoms with van der Waals surface area (Å²) >= 11 is 5.63. The first-order chi connectivity index (χ1) is 13.3. The van der Waals surface area contributed by atoms with E-state index in [1.807, 2.05) is 0 Å². The molecule has 2 N–H and O–H groups in total. The van der Waals surface area contributed by atoms with E-state index in [0.717, 1.165) is 51.0 Å². The van der Waals surface area contributed by atoms with Gasteiger partial charge in [0.15, 0.2) is 5.11 Å². The summed E-state index contributed by atoms with van der Waals surface area (Å²) in [6.45, 7) is -0.0371. The first-order valence-corrected chi connectivity index (χ1v) is 10.6. The Morgan fingerprint density at radius 1 is 1.07 bits per heavy atom. The second-order valence-electron chi connectivity index (χ2n) is 8.56. The minimum absolute atomic E-state index is 0.0150. The average molecular weight is 413 g/mol. The molecule has 0 radical (unpaired) electrons. The maximum Gasteiger partial charge on any atom is 0.416 e. The molecule has 28 heavy (non-hydrogen) atoms. The van der Waals surface area contributed by atoms with E-state index in [-0.39, 0.29) is 23.6 Å². The summed E-state index contributed by atoms with van der Waals surface area (Å²) in [6.07, 6.45) is 4.21. The van der Waals surface area contributed by atoms with Gasteiger partial charge in [-0.3, -0.25) is 0 Å². The molecule has 2 atom stereocenters. The summed E-state index contributed by atoms with van der Waals surface area (Å²) in [7, 11) is 0. The van der Waals surface area contributed by atoms with Gasteiger partial charge in [-0.05, 0) is 56.0 Å². The molecule has 0 aromatic heterocycles. The van der Waals surface area contributed by atoms with Gasteiger partial charge in [-0.15, -0.1) is 0 Å². The van der Waals surface area contributed by atoms with Crippen LogP contribution in [0.15, 0.2) is 24.3 Å². The predicted octanol–water partition coefficient (Wildman–Crippen LogP) is 4.98. The molecule has 2 aliphatic carbocycles. The van der Waals surface area contributed by atoms with Crippen molar-refractivity contribution in [3.8, 4) is 0 Å². The van der Waals surface area contributed by atoms with Gasteiger partial charge in [-0.2, -0.15) is 13.2 Å². The molecule has 1 heterocycles. The molecule has 1 aromatic carbocycles. The monoisotopic (exact) mass is 412 g/mol. The smallest absolute Gasteiger partial charge is 0.370 e. The molecular formula is C21H27F3N2OS. The Morgan fingerprint density at radius 3 is 2.46 bits per heavy atom. The van der Waals surface area contributed by atoms with E-state index in [1.165, 1.54) is 18.6 Å². The molecule has 1 saturated heterocycles. The molecule has 3 nitrogen and oxygen atoms in total. The average Bonchev–Trinajstić information content (AvgIpc) is 2.65. The van der Waals surface area contributed by atoms with Crippen molar-refractivity contribution in [2.24, 2.45) is 5.92 Å². The van der Waals surface area contributed by atoms with Gasteiger partial charge < -0.3 is 15.3 Å². The van der Waals surface area contributed by atoms with Crippen LogP contribution < -0.4 is 5.32 Å². The van der Waals surface area contributed by atoms with E-state index in [0.29, 0.717) is 11.5 Å². The first kappa shape index (κ1) is 20.0. The molecule has 3 fully saturated rings. The van der Waals surface area contributed by atoms with Crippen LogP contribution in [0.3, 0.4) is 0 Å². The highest BCUT2D eigenvalue weighted by Crippen LogP contribution is 2.51. The number of hydrogen-bond acceptors (Lipinski definition) is 2. The maximum absolute atomic E-state index is 13.5. The van der Waals surface area contributed by atoms with Gasteiger partial charge in [-0.25, -0.2) is 0 Å². The van der Waals surface area contributed by atoms with Crippen LogP contribution >= 0.6 is 12.2 Å². The van der Waals surface area contributed by atoms with Crippen molar-refractivity contribution in [3.63, 3.8) is 0 Å². The topological polar surface area (TPSA) is 35.5 Å². The molecule has 2 saturated carbocycles. The summed E-state index contributed by atoms with van der Waals surface area (Å²) in [5, 5.41) is 15.7. The molecule has 154 valence electrons. The van der Waals surface area contributed by atoms with Crippen LogP contribution in [0.1, 0.15) is 68.9 Å². The molecule has 0 bridgehead atoms. The Labute approximate surface area is 169 Å². The van der Waals surface area contributed by atoms with Gasteiger partial charge in [0.05, 0.1) is 5.56 Å². The molecular weight excluding hydrogens is 385 g/mol. The maximum atomic E-state index is 13.5. The SMILES string of the molecule is OC12CCCCC1C1(CCCCC1)NC(=S)N2Cc1ccccc1C(F)(F)F. The Kier molecular flexibility index (Phi) is 5.11. The molecule has 1 aromatic rings. The quantitative estimate of drug-likeness (QED) is 0.672. The molecule has 3 aliphatic rings. The third kappa shape index (κ3) is 3.30. The molecule has 2 unspecified atom stereocenters. The lowest BCUT2D eigenvalue weighted by Crippen LogP contribution is -2.75. The lowest BCUT2D eigenvalue weighted by molar-refractivity contribution is -0.185. The van der Waals surface area contributed by atoms with Crippen molar-refractivity contribution in [1.82, 2.24) is 10.2 Å². The zero-order valence-electron chi connectivity index (χ0n) is 15.9. The number of nitrogens with zero attached hydrogens (tertiary/aromatic N) is 1. The predicted molar refractivity (Wildman–Crippen MR) is 105 cm³/mol. The number of alkyl halides is 3. The molecule has 4 rings (SSSR count). The van der Waals surface area contributed by atoms with Crippen molar-refractivity contribution in [2.75, 3.05) is 0 Å². The second-order valence-corrected chi connectivity index (χ2v) is 8.95. The number of aliphatic hydroxyl groups is 1. The van der Waals surface area contributed by atoms with Crippen molar-refractivity contribution in [2.45, 2.75) is 81.8 Å². The zero-order valence-corrected chi connectivity index (χ0v) is 16.7. The molecule has 7 heteroatoms. The van der Waals surface area contributed by atoms with Crippen LogP contribution in [0.4, 0.5) is 13.2 Å². The Bertz CT molecular complexity index is 747. The van der Waals surface area contributed by atoms with E-state index in [9.17, 15) is 18.3 Å². The largest absolute Gasteiger partial charge is 0.416 e. The lowest BCUT2D eigenvalue weighted by Gasteiger charge is -2.61. The van der Waals surface area contributed by atoms with E-state index in [4.69, 9.17) is 12.2 Å². The van der Waals surface area contributed by atoms with Crippen LogP contribution in [0.25, 0.3) is 0 Å². The third-order valence-corrected chi connectivity index (χ3v) is 7.30. The van der Waals surface area contributed by atoms with Crippen LogP contribution in [0.2, 0.25) is 0 Å². The fourth-order valence-corrected chi connectivity index (χ4v) is 6.12. The normalized spacial score (nSPS) is 30.1. The minimum Gasteiger partial charge on any atom is -0.370 e. The van der Waals surface area contributed by atoms with Crippen LogP contribution in [-0.4, -0.2) is 26.4 Å². The highest BCUT2D eigenvalue weighted by Gasteiger charge is 2.58. The minimum atomic E-state index is -4.43. The summed E-state index contributed by atoms with van der Waals surface area (Å²) in [4.78, 5) is 1.64. The number of thiocarbonyl (C=S) groups is 1. The Hall–Kier alpha value is -1.34. The number of rotatable bonds is 2. The summed E-state index contributed by atoms with van der Waals surface area (Å²) in [6, 6.07) is 5.59. The molecule has 0 amide bonds. The van der Waals surface area contributed by atoms with Crippen LogP contribution in [-0.2, 0) is 12.7 Å². The lowest BCUT2D eigenvalue weighted by atomic mass is 9.62. The van der Waals surface area contributed by atoms with Gasteiger partial charge in [0, 0.05) is 18.0 Å². The standard InChI is InChI=1S/C21H27F3N2OS/c22-21(23,24)16-9-3-2-8-15(16)14-26-18(28)25-19(11-5-1-6-12-19)17-10-4-7-13-20(17,26)27/h2-3,8-9,17,27H,1,4-7,10-14H2,(H,25,28). The highest BCUT2D eigenvalue weighted by molar-refractivity contribution is 7.80.